The molecule has 0 saturated heterocycles. The highest BCUT2D eigenvalue weighted by molar-refractivity contribution is 9.10. The van der Waals surface area contributed by atoms with E-state index in [1.165, 1.54) is 6.20 Å². The van der Waals surface area contributed by atoms with Crippen molar-refractivity contribution in [2.75, 3.05) is 5.32 Å². The minimum absolute atomic E-state index is 0.262. The Morgan fingerprint density at radius 1 is 1.53 bits per heavy atom. The molecule has 0 saturated carbocycles. The SMILES string of the molecule is O=C(Nc1ncc(B(O)O)s1)c1nscc1Br. The second-order valence-electron chi connectivity index (χ2n) is 2.91. The zero-order valence-corrected chi connectivity index (χ0v) is 11.3. The van der Waals surface area contributed by atoms with Crippen molar-refractivity contribution < 1.29 is 14.8 Å². The number of nitrogens with zero attached hydrogens (tertiary/aromatic N) is 2. The summed E-state index contributed by atoms with van der Waals surface area (Å²) in [6.07, 6.45) is 1.29. The molecule has 88 valence electrons. The lowest BCUT2D eigenvalue weighted by atomic mass is 9.91. The van der Waals surface area contributed by atoms with E-state index in [0.29, 0.717) is 4.47 Å². The van der Waals surface area contributed by atoms with Gasteiger partial charge in [0, 0.05) is 11.6 Å². The smallest absolute Gasteiger partial charge is 0.423 e. The Labute approximate surface area is 113 Å². The summed E-state index contributed by atoms with van der Waals surface area (Å²) < 4.78 is 4.79. The van der Waals surface area contributed by atoms with Crippen LogP contribution in [0.4, 0.5) is 5.13 Å². The lowest BCUT2D eigenvalue weighted by Gasteiger charge is -1.98. The van der Waals surface area contributed by atoms with Crippen LogP contribution in [0.3, 0.4) is 0 Å². The summed E-state index contributed by atoms with van der Waals surface area (Å²) in [6, 6.07) is 0. The summed E-state index contributed by atoms with van der Waals surface area (Å²) in [5.74, 6) is -0.397. The van der Waals surface area contributed by atoms with E-state index in [-0.39, 0.29) is 15.6 Å². The number of anilines is 1. The maximum Gasteiger partial charge on any atom is 0.500 e. The molecular weight excluding hydrogens is 329 g/mol. The molecule has 0 aliphatic rings. The fourth-order valence-electron chi connectivity index (χ4n) is 0.995. The van der Waals surface area contributed by atoms with Crippen LogP contribution in [0.5, 0.6) is 0 Å². The van der Waals surface area contributed by atoms with Crippen LogP contribution in [-0.2, 0) is 0 Å². The van der Waals surface area contributed by atoms with Crippen LogP contribution in [0, 0.1) is 0 Å². The van der Waals surface area contributed by atoms with Gasteiger partial charge >= 0.3 is 7.12 Å². The van der Waals surface area contributed by atoms with Gasteiger partial charge in [-0.15, -0.1) is 11.3 Å². The van der Waals surface area contributed by atoms with Crippen molar-refractivity contribution in [2.24, 2.45) is 0 Å². The van der Waals surface area contributed by atoms with Gasteiger partial charge in [0.05, 0.1) is 9.25 Å². The maximum atomic E-state index is 11.7. The zero-order valence-electron chi connectivity index (χ0n) is 8.12. The lowest BCUT2D eigenvalue weighted by molar-refractivity contribution is 0.102. The monoisotopic (exact) mass is 333 g/mol. The van der Waals surface area contributed by atoms with Crippen LogP contribution in [0.25, 0.3) is 0 Å². The highest BCUT2D eigenvalue weighted by Gasteiger charge is 2.18. The zero-order chi connectivity index (χ0) is 12.4. The predicted octanol–water partition coefficient (Wildman–Crippen LogP) is 0.294. The highest BCUT2D eigenvalue weighted by Crippen LogP contribution is 2.19. The highest BCUT2D eigenvalue weighted by atomic mass is 79.9. The fourth-order valence-corrected chi connectivity index (χ4v) is 2.86. The van der Waals surface area contributed by atoms with Gasteiger partial charge in [-0.25, -0.2) is 4.98 Å². The van der Waals surface area contributed by atoms with E-state index in [0.717, 1.165) is 22.9 Å². The minimum atomic E-state index is -1.58. The molecule has 0 fully saturated rings. The normalized spacial score (nSPS) is 10.3. The fraction of sp³-hybridized carbons (Fsp3) is 0. The van der Waals surface area contributed by atoms with Gasteiger partial charge in [0.2, 0.25) is 0 Å². The second kappa shape index (κ2) is 5.23. The topological polar surface area (TPSA) is 95.3 Å². The third kappa shape index (κ3) is 2.90. The van der Waals surface area contributed by atoms with Crippen molar-refractivity contribution in [3.63, 3.8) is 0 Å². The van der Waals surface area contributed by atoms with Gasteiger partial charge in [-0.3, -0.25) is 10.1 Å². The molecule has 2 aromatic rings. The number of amides is 1. The first kappa shape index (κ1) is 12.6. The number of rotatable bonds is 3. The van der Waals surface area contributed by atoms with Crippen molar-refractivity contribution in [3.05, 3.63) is 21.7 Å². The summed E-state index contributed by atoms with van der Waals surface area (Å²) >= 11 is 5.35. The quantitative estimate of drug-likeness (QED) is 0.702. The molecule has 2 aromatic heterocycles. The Hall–Kier alpha value is -0.805. The molecule has 1 amide bonds. The van der Waals surface area contributed by atoms with E-state index in [1.807, 2.05) is 0 Å². The van der Waals surface area contributed by atoms with Crippen molar-refractivity contribution in [1.29, 1.82) is 0 Å². The van der Waals surface area contributed by atoms with E-state index in [4.69, 9.17) is 10.0 Å². The van der Waals surface area contributed by atoms with Gasteiger partial charge in [0.15, 0.2) is 10.8 Å². The van der Waals surface area contributed by atoms with Crippen molar-refractivity contribution >= 4 is 61.7 Å². The predicted molar refractivity (Wildman–Crippen MR) is 69.7 cm³/mol. The second-order valence-corrected chi connectivity index (χ2v) is 5.45. The van der Waals surface area contributed by atoms with E-state index < -0.39 is 13.0 Å². The van der Waals surface area contributed by atoms with Crippen LogP contribution in [0.2, 0.25) is 0 Å². The number of thiazole rings is 1. The van der Waals surface area contributed by atoms with Crippen molar-refractivity contribution in [2.45, 2.75) is 0 Å². The molecule has 2 rings (SSSR count). The first-order valence-corrected chi connectivity index (χ1v) is 6.75. The number of hydrogen-bond donors (Lipinski definition) is 3. The first-order chi connectivity index (χ1) is 8.08. The number of aromatic nitrogens is 2. The minimum Gasteiger partial charge on any atom is -0.423 e. The standard InChI is InChI=1S/C7H5BBrN3O3S2/c9-3-2-16-12-5(3)6(13)11-7-10-1-4(17-7)8(14)15/h1-2,14-15H,(H,10,11,13). The number of nitrogens with one attached hydrogen (secondary N) is 1. The van der Waals surface area contributed by atoms with Crippen LogP contribution in [-0.4, -0.2) is 32.4 Å². The summed E-state index contributed by atoms with van der Waals surface area (Å²) in [5.41, 5.74) is 0.274. The van der Waals surface area contributed by atoms with Gasteiger partial charge < -0.3 is 10.0 Å². The molecule has 10 heteroatoms. The van der Waals surface area contributed by atoms with Crippen molar-refractivity contribution in [3.8, 4) is 0 Å². The Bertz CT molecular complexity index is 544. The molecular formula is C7H5BBrN3O3S2. The Kier molecular flexibility index (Phi) is 3.89. The van der Waals surface area contributed by atoms with Crippen molar-refractivity contribution in [1.82, 2.24) is 9.36 Å². The number of halogens is 1. The van der Waals surface area contributed by atoms with E-state index in [2.05, 4.69) is 30.6 Å². The summed E-state index contributed by atoms with van der Waals surface area (Å²) in [7, 11) is -1.58. The molecule has 0 unspecified atom stereocenters. The van der Waals surface area contributed by atoms with Gasteiger partial charge in [0.1, 0.15) is 0 Å². The molecule has 0 aromatic carbocycles. The van der Waals surface area contributed by atoms with E-state index in [9.17, 15) is 4.79 Å². The van der Waals surface area contributed by atoms with Gasteiger partial charge in [-0.2, -0.15) is 4.37 Å². The van der Waals surface area contributed by atoms with Gasteiger partial charge in [-0.1, -0.05) is 0 Å². The molecule has 0 atom stereocenters. The molecule has 0 aliphatic carbocycles. The molecule has 0 radical (unpaired) electrons. The number of carbonyl (C=O) groups excluding carboxylic acids is 1. The average Bonchev–Trinajstić information content (AvgIpc) is 2.86. The maximum absolute atomic E-state index is 11.7. The largest absolute Gasteiger partial charge is 0.500 e. The Balaban J connectivity index is 2.11. The Morgan fingerprint density at radius 2 is 2.29 bits per heavy atom. The third-order valence-electron chi connectivity index (χ3n) is 1.74. The van der Waals surface area contributed by atoms with Crippen LogP contribution in [0.15, 0.2) is 16.0 Å². The summed E-state index contributed by atoms with van der Waals surface area (Å²) in [5, 5.41) is 22.3. The summed E-state index contributed by atoms with van der Waals surface area (Å²) in [4.78, 5) is 15.6. The van der Waals surface area contributed by atoms with E-state index >= 15 is 0 Å². The van der Waals surface area contributed by atoms with Crippen LogP contribution < -0.4 is 10.1 Å². The molecule has 3 N–H and O–H groups in total. The van der Waals surface area contributed by atoms with Gasteiger partial charge in [0.25, 0.3) is 5.91 Å². The average molecular weight is 334 g/mol. The first-order valence-electron chi connectivity index (χ1n) is 4.31. The Morgan fingerprint density at radius 3 is 2.82 bits per heavy atom. The molecule has 2 heterocycles. The van der Waals surface area contributed by atoms with Crippen LogP contribution >= 0.6 is 38.8 Å². The molecule has 0 spiro atoms. The number of carbonyl (C=O) groups is 1. The van der Waals surface area contributed by atoms with Gasteiger partial charge in [-0.05, 0) is 27.5 Å². The molecule has 6 nitrogen and oxygen atoms in total. The summed E-state index contributed by atoms with van der Waals surface area (Å²) in [6.45, 7) is 0. The third-order valence-corrected chi connectivity index (χ3v) is 4.23. The molecule has 0 bridgehead atoms. The molecule has 0 aliphatic heterocycles. The number of hydrogen-bond acceptors (Lipinski definition) is 7. The lowest BCUT2D eigenvalue weighted by Crippen LogP contribution is -2.26. The molecule has 17 heavy (non-hydrogen) atoms. The van der Waals surface area contributed by atoms with Crippen LogP contribution in [0.1, 0.15) is 10.5 Å². The van der Waals surface area contributed by atoms with E-state index in [1.54, 1.807) is 5.38 Å².